The van der Waals surface area contributed by atoms with E-state index in [9.17, 15) is 5.26 Å². The molecule has 4 aromatic rings. The number of pyridine rings is 1. The van der Waals surface area contributed by atoms with Gasteiger partial charge in [-0.1, -0.05) is 107 Å². The fourth-order valence-corrected chi connectivity index (χ4v) is 5.26. The Morgan fingerprint density at radius 2 is 1.20 bits per heavy atom. The minimum Gasteiger partial charge on any atom is -0.344 e. The van der Waals surface area contributed by atoms with Crippen molar-refractivity contribution >= 4 is 23.3 Å². The van der Waals surface area contributed by atoms with Crippen LogP contribution in [0.3, 0.4) is 0 Å². The molecule has 2 aromatic heterocycles. The van der Waals surface area contributed by atoms with E-state index in [-0.39, 0.29) is 22.4 Å². The highest BCUT2D eigenvalue weighted by atomic mass is 33.1. The van der Waals surface area contributed by atoms with Gasteiger partial charge in [0.2, 0.25) is 0 Å². The van der Waals surface area contributed by atoms with Crippen molar-refractivity contribution in [3.05, 3.63) is 83.8 Å². The number of fused-ring (bicyclic) bond motifs is 1. The van der Waals surface area contributed by atoms with E-state index in [0.29, 0.717) is 22.8 Å². The van der Waals surface area contributed by atoms with Gasteiger partial charge in [0, 0.05) is 22.9 Å². The van der Waals surface area contributed by atoms with Crippen molar-refractivity contribution < 1.29 is 0 Å². The Labute approximate surface area is 277 Å². The van der Waals surface area contributed by atoms with Crippen LogP contribution < -0.4 is 6.15 Å². The molecule has 0 bridgehead atoms. The molecule has 2 aromatic carbocycles. The number of nitrogens with zero attached hydrogens (tertiary/aromatic N) is 5. The summed E-state index contributed by atoms with van der Waals surface area (Å²) in [6.07, 6.45) is 3.28. The van der Waals surface area contributed by atoms with E-state index in [0.717, 1.165) is 16.8 Å². The standard InChI is InChI=1S/C30H29N5.3C2H6.H3N.H2S2/c1-28(2)23-13-11-19(15-24(23)29(3,4)30(28,5)6)25-14-12-21(17-32-25)26-33-18-34-27(35-26)22-10-8-7-9-20(22)16-31;3*1-2;;1-2/h7-15,17-18H,1-6H3;3*1-2H3;1H3;1-2H. The van der Waals surface area contributed by atoms with Gasteiger partial charge in [0.15, 0.2) is 11.6 Å². The highest BCUT2D eigenvalue weighted by Crippen LogP contribution is 2.61. The van der Waals surface area contributed by atoms with E-state index in [2.05, 4.69) is 104 Å². The van der Waals surface area contributed by atoms with Crippen molar-refractivity contribution in [2.24, 2.45) is 5.41 Å². The maximum atomic E-state index is 9.42. The molecular formula is C36H52N6S2. The Balaban J connectivity index is 0.00000190. The summed E-state index contributed by atoms with van der Waals surface area (Å²) in [7, 11) is 0. The predicted octanol–water partition coefficient (Wildman–Crippen LogP) is 10.7. The normalized spacial score (nSPS) is 14.0. The number of thiol groups is 2. The van der Waals surface area contributed by atoms with Crippen molar-refractivity contribution in [1.82, 2.24) is 26.1 Å². The third-order valence-corrected chi connectivity index (χ3v) is 8.67. The van der Waals surface area contributed by atoms with Gasteiger partial charge in [0.25, 0.3) is 0 Å². The highest BCUT2D eigenvalue weighted by Gasteiger charge is 2.56. The van der Waals surface area contributed by atoms with Crippen molar-refractivity contribution in [3.8, 4) is 40.1 Å². The topological polar surface area (TPSA) is 110 Å². The van der Waals surface area contributed by atoms with Gasteiger partial charge in [-0.05, 0) is 57.7 Å². The molecule has 1 aliphatic rings. The molecule has 0 aliphatic heterocycles. The summed E-state index contributed by atoms with van der Waals surface area (Å²) in [5.74, 6) is 1.00. The molecule has 2 heterocycles. The monoisotopic (exact) mass is 632 g/mol. The SMILES string of the molecule is CC.CC.CC.CC1(C)c2ccc(-c3ccc(-c4ncnc(-c5ccccc5C#N)n4)cn3)cc2C(C)(C)C1(C)C.N.SS. The smallest absolute Gasteiger partial charge is 0.164 e. The lowest BCUT2D eigenvalue weighted by atomic mass is 9.59. The van der Waals surface area contributed by atoms with Gasteiger partial charge in [0.05, 0.1) is 17.3 Å². The second kappa shape index (κ2) is 17.9. The maximum Gasteiger partial charge on any atom is 0.164 e. The first-order chi connectivity index (χ1) is 20.6. The number of rotatable bonds is 3. The molecule has 0 fully saturated rings. The minimum absolute atomic E-state index is 0. The third kappa shape index (κ3) is 7.69. The lowest BCUT2D eigenvalue weighted by Crippen LogP contribution is -2.42. The van der Waals surface area contributed by atoms with E-state index in [1.165, 1.54) is 17.5 Å². The molecule has 0 saturated carbocycles. The second-order valence-electron chi connectivity index (χ2n) is 10.9. The van der Waals surface area contributed by atoms with E-state index in [1.54, 1.807) is 12.3 Å². The molecule has 8 heteroatoms. The summed E-state index contributed by atoms with van der Waals surface area (Å²) in [5.41, 5.74) is 7.12. The Morgan fingerprint density at radius 3 is 1.77 bits per heavy atom. The van der Waals surface area contributed by atoms with Crippen LogP contribution in [0.15, 0.2) is 67.1 Å². The van der Waals surface area contributed by atoms with Gasteiger partial charge in [-0.15, -0.1) is 23.3 Å². The Hall–Kier alpha value is -3.25. The zero-order valence-electron chi connectivity index (χ0n) is 28.7. The van der Waals surface area contributed by atoms with Gasteiger partial charge in [0.1, 0.15) is 6.33 Å². The zero-order valence-corrected chi connectivity index (χ0v) is 30.5. The molecule has 0 atom stereocenters. The van der Waals surface area contributed by atoms with Crippen LogP contribution in [0.4, 0.5) is 0 Å². The number of hydrogen-bond donors (Lipinski definition) is 3. The van der Waals surface area contributed by atoms with Crippen LogP contribution >= 0.6 is 23.3 Å². The van der Waals surface area contributed by atoms with Gasteiger partial charge < -0.3 is 6.15 Å². The Morgan fingerprint density at radius 1 is 0.659 bits per heavy atom. The fourth-order valence-electron chi connectivity index (χ4n) is 5.26. The van der Waals surface area contributed by atoms with E-state index in [4.69, 9.17) is 4.98 Å². The van der Waals surface area contributed by atoms with E-state index < -0.39 is 0 Å². The van der Waals surface area contributed by atoms with Gasteiger partial charge in [-0.25, -0.2) is 15.0 Å². The number of benzene rings is 2. The lowest BCUT2D eigenvalue weighted by molar-refractivity contribution is 0.125. The minimum atomic E-state index is 0. The number of hydrogen-bond acceptors (Lipinski definition) is 8. The van der Waals surface area contributed by atoms with Crippen LogP contribution in [0.2, 0.25) is 0 Å². The first kappa shape index (κ1) is 40.8. The number of nitriles is 1. The third-order valence-electron chi connectivity index (χ3n) is 8.67. The largest absolute Gasteiger partial charge is 0.344 e. The van der Waals surface area contributed by atoms with Crippen molar-refractivity contribution in [2.45, 2.75) is 93.9 Å². The lowest BCUT2D eigenvalue weighted by Gasteiger charge is -2.44. The summed E-state index contributed by atoms with van der Waals surface area (Å²) in [6.45, 7) is 26.2. The predicted molar refractivity (Wildman–Crippen MR) is 196 cm³/mol. The Bertz CT molecular complexity index is 1490. The summed E-state index contributed by atoms with van der Waals surface area (Å²) >= 11 is 6.44. The van der Waals surface area contributed by atoms with Crippen LogP contribution in [0.5, 0.6) is 0 Å². The average Bonchev–Trinajstić information content (AvgIpc) is 3.18. The van der Waals surface area contributed by atoms with E-state index >= 15 is 0 Å². The fraction of sp³-hybridized carbons (Fsp3) is 0.417. The Kier molecular flexibility index (Phi) is 16.6. The molecule has 3 N–H and O–H groups in total. The molecule has 0 spiro atoms. The zero-order chi connectivity index (χ0) is 33.0. The van der Waals surface area contributed by atoms with Crippen LogP contribution in [-0.2, 0) is 10.8 Å². The summed E-state index contributed by atoms with van der Waals surface area (Å²) < 4.78 is 0. The molecule has 6 nitrogen and oxygen atoms in total. The van der Waals surface area contributed by atoms with E-state index in [1.807, 2.05) is 71.9 Å². The van der Waals surface area contributed by atoms with Gasteiger partial charge >= 0.3 is 0 Å². The molecular weight excluding hydrogens is 581 g/mol. The molecule has 0 amide bonds. The van der Waals surface area contributed by atoms with Gasteiger partial charge in [-0.2, -0.15) is 5.26 Å². The quantitative estimate of drug-likeness (QED) is 0.153. The van der Waals surface area contributed by atoms with Crippen LogP contribution in [0.25, 0.3) is 34.0 Å². The highest BCUT2D eigenvalue weighted by molar-refractivity contribution is 8.59. The maximum absolute atomic E-state index is 9.42. The first-order valence-electron chi connectivity index (χ1n) is 15.1. The molecule has 238 valence electrons. The van der Waals surface area contributed by atoms with Crippen molar-refractivity contribution in [2.75, 3.05) is 0 Å². The average molecular weight is 633 g/mol. The second-order valence-corrected chi connectivity index (χ2v) is 10.9. The summed E-state index contributed by atoms with van der Waals surface area (Å²) in [4.78, 5) is 18.0. The first-order valence-corrected chi connectivity index (χ1v) is 16.7. The molecule has 44 heavy (non-hydrogen) atoms. The van der Waals surface area contributed by atoms with Crippen LogP contribution in [-0.4, -0.2) is 19.9 Å². The molecule has 0 saturated heterocycles. The molecule has 0 unspecified atom stereocenters. The molecule has 1 aliphatic carbocycles. The van der Waals surface area contributed by atoms with Gasteiger partial charge in [-0.3, -0.25) is 4.98 Å². The number of aromatic nitrogens is 4. The van der Waals surface area contributed by atoms with Crippen LogP contribution in [0, 0.1) is 16.7 Å². The van der Waals surface area contributed by atoms with Crippen molar-refractivity contribution in [3.63, 3.8) is 0 Å². The molecule has 0 radical (unpaired) electrons. The molecule has 5 rings (SSSR count). The summed E-state index contributed by atoms with van der Waals surface area (Å²) in [5, 5.41) is 9.42. The van der Waals surface area contributed by atoms with Crippen molar-refractivity contribution in [1.29, 1.82) is 5.26 Å². The van der Waals surface area contributed by atoms with Crippen LogP contribution in [0.1, 0.15) is 99.8 Å². The summed E-state index contributed by atoms with van der Waals surface area (Å²) in [6, 6.07) is 20.3.